The number of halogens is 1. The van der Waals surface area contributed by atoms with Gasteiger partial charge in [0, 0.05) is 13.2 Å². The van der Waals surface area contributed by atoms with E-state index in [9.17, 15) is 0 Å². The zero-order valence-corrected chi connectivity index (χ0v) is 36.8. The highest BCUT2D eigenvalue weighted by atomic mass is 127. The molecule has 0 fully saturated rings. The van der Waals surface area contributed by atoms with Gasteiger partial charge in [-0.1, -0.05) is 145 Å². The monoisotopic (exact) mass is 839 g/mol. The van der Waals surface area contributed by atoms with E-state index in [0.717, 1.165) is 45.3 Å². The zero-order chi connectivity index (χ0) is 37.3. The Morgan fingerprint density at radius 2 is 1.02 bits per heavy atom. The molecule has 3 rings (SSSR count). The highest BCUT2D eigenvalue weighted by Crippen LogP contribution is 2.65. The van der Waals surface area contributed by atoms with Crippen molar-refractivity contribution in [1.82, 2.24) is 0 Å². The van der Waals surface area contributed by atoms with Crippen LogP contribution in [0.25, 0.3) is 0 Å². The molecule has 0 radical (unpaired) electrons. The lowest BCUT2D eigenvalue weighted by molar-refractivity contribution is -0.148. The van der Waals surface area contributed by atoms with Gasteiger partial charge in [0.15, 0.2) is 33.2 Å². The fourth-order valence-electron chi connectivity index (χ4n) is 7.29. The SMILES string of the molecule is CCCCCCCCOC(CCCCC/C=C/CCCc1cccc([P+](I)(c2ccccc2C)c2ccccc2C)c1C)OCCCCCCCC. The Bertz CT molecular complexity index is 1340. The topological polar surface area (TPSA) is 18.5 Å². The van der Waals surface area contributed by atoms with Crippen molar-refractivity contribution in [2.45, 2.75) is 169 Å². The third-order valence-corrected chi connectivity index (χ3v) is 18.7. The Hall–Kier alpha value is -1.52. The molecule has 0 aliphatic heterocycles. The molecule has 0 spiro atoms. The molecule has 4 heteroatoms. The van der Waals surface area contributed by atoms with E-state index >= 15 is 0 Å². The first-order chi connectivity index (χ1) is 25.4. The van der Waals surface area contributed by atoms with Crippen LogP contribution in [0.15, 0.2) is 78.9 Å². The Balaban J connectivity index is 1.43. The molecular formula is C48H73IO2P+. The van der Waals surface area contributed by atoms with Gasteiger partial charge in [-0.25, -0.2) is 0 Å². The quantitative estimate of drug-likeness (QED) is 0.0228. The summed E-state index contributed by atoms with van der Waals surface area (Å²) >= 11 is 2.85. The molecule has 2 nitrogen and oxygen atoms in total. The predicted octanol–water partition coefficient (Wildman–Crippen LogP) is 14.2. The van der Waals surface area contributed by atoms with Crippen molar-refractivity contribution in [3.63, 3.8) is 0 Å². The number of benzene rings is 3. The first kappa shape index (κ1) is 44.9. The fraction of sp³-hybridized carbons (Fsp3) is 0.583. The van der Waals surface area contributed by atoms with Gasteiger partial charge in [0.2, 0.25) is 0 Å². The molecule has 52 heavy (non-hydrogen) atoms. The Labute approximate surface area is 334 Å². The van der Waals surface area contributed by atoms with Crippen LogP contribution in [0.5, 0.6) is 0 Å². The summed E-state index contributed by atoms with van der Waals surface area (Å²) in [7, 11) is 0. The lowest BCUT2D eigenvalue weighted by atomic mass is 10.0. The zero-order valence-electron chi connectivity index (χ0n) is 33.8. The summed E-state index contributed by atoms with van der Waals surface area (Å²) in [6.45, 7) is 13.2. The van der Waals surface area contributed by atoms with Gasteiger partial charge in [0.1, 0.15) is 15.9 Å². The molecule has 3 aromatic rings. The molecule has 0 N–H and O–H groups in total. The highest BCUT2D eigenvalue weighted by molar-refractivity contribution is 14.2. The Kier molecular flexibility index (Phi) is 23.4. The Morgan fingerprint density at radius 3 is 1.58 bits per heavy atom. The first-order valence-electron chi connectivity index (χ1n) is 21.1. The summed E-state index contributed by atoms with van der Waals surface area (Å²) in [6, 6.07) is 25.2. The van der Waals surface area contributed by atoms with Crippen LogP contribution < -0.4 is 15.9 Å². The maximum absolute atomic E-state index is 6.26. The lowest BCUT2D eigenvalue weighted by Gasteiger charge is -2.25. The van der Waals surface area contributed by atoms with E-state index in [4.69, 9.17) is 9.47 Å². The first-order valence-corrected chi connectivity index (χ1v) is 25.7. The van der Waals surface area contributed by atoms with Crippen molar-refractivity contribution in [3.8, 4) is 0 Å². The van der Waals surface area contributed by atoms with Crippen molar-refractivity contribution in [3.05, 3.63) is 101 Å². The maximum atomic E-state index is 6.26. The van der Waals surface area contributed by atoms with Crippen molar-refractivity contribution in [1.29, 1.82) is 0 Å². The van der Waals surface area contributed by atoms with Gasteiger partial charge in [-0.15, -0.1) is 0 Å². The third-order valence-electron chi connectivity index (χ3n) is 10.5. The summed E-state index contributed by atoms with van der Waals surface area (Å²) in [5.41, 5.74) is 5.75. The van der Waals surface area contributed by atoms with Crippen LogP contribution in [0.2, 0.25) is 0 Å². The number of hydrogen-bond acceptors (Lipinski definition) is 2. The van der Waals surface area contributed by atoms with Crippen molar-refractivity contribution < 1.29 is 9.47 Å². The lowest BCUT2D eigenvalue weighted by Crippen LogP contribution is -2.31. The molecule has 0 saturated carbocycles. The minimum Gasteiger partial charge on any atom is -0.353 e. The minimum atomic E-state index is -1.82. The summed E-state index contributed by atoms with van der Waals surface area (Å²) < 4.78 is 12.5. The third kappa shape index (κ3) is 15.7. The molecule has 0 atom stereocenters. The summed E-state index contributed by atoms with van der Waals surface area (Å²) in [6.07, 6.45) is 29.8. The number of hydrogen-bond donors (Lipinski definition) is 0. The summed E-state index contributed by atoms with van der Waals surface area (Å²) in [4.78, 5) is -1.82. The molecule has 0 bridgehead atoms. The van der Waals surface area contributed by atoms with Gasteiger partial charge in [0.25, 0.3) is 0 Å². The second-order valence-electron chi connectivity index (χ2n) is 14.9. The molecular weight excluding hydrogens is 766 g/mol. The van der Waals surface area contributed by atoms with Crippen LogP contribution in [-0.4, -0.2) is 19.5 Å². The number of aryl methyl sites for hydroxylation is 3. The van der Waals surface area contributed by atoms with Gasteiger partial charge < -0.3 is 9.47 Å². The average molecular weight is 840 g/mol. The Morgan fingerprint density at radius 1 is 0.538 bits per heavy atom. The van der Waals surface area contributed by atoms with Gasteiger partial charge in [-0.05, 0) is 119 Å². The van der Waals surface area contributed by atoms with Gasteiger partial charge >= 0.3 is 0 Å². The molecule has 3 aromatic carbocycles. The average Bonchev–Trinajstić information content (AvgIpc) is 3.15. The van der Waals surface area contributed by atoms with E-state index < -0.39 is 4.90 Å². The molecule has 0 aliphatic carbocycles. The van der Waals surface area contributed by atoms with Crippen molar-refractivity contribution in [2.75, 3.05) is 13.2 Å². The van der Waals surface area contributed by atoms with Crippen molar-refractivity contribution >= 4 is 42.9 Å². The molecule has 0 heterocycles. The van der Waals surface area contributed by atoms with Crippen LogP contribution in [-0.2, 0) is 15.9 Å². The van der Waals surface area contributed by atoms with Gasteiger partial charge in [-0.3, -0.25) is 0 Å². The van der Waals surface area contributed by atoms with E-state index in [1.54, 1.807) is 0 Å². The van der Waals surface area contributed by atoms with Crippen LogP contribution in [0.3, 0.4) is 0 Å². The van der Waals surface area contributed by atoms with Crippen LogP contribution >= 0.6 is 26.9 Å². The fourth-order valence-corrected chi connectivity index (χ4v) is 15.5. The number of ether oxygens (including phenoxy) is 2. The summed E-state index contributed by atoms with van der Waals surface area (Å²) in [5.74, 6) is 0. The van der Waals surface area contributed by atoms with Gasteiger partial charge in [0.05, 0.1) is 0 Å². The molecule has 0 aromatic heterocycles. The second kappa shape index (κ2) is 27.1. The highest BCUT2D eigenvalue weighted by Gasteiger charge is 2.46. The minimum absolute atomic E-state index is 0.0169. The van der Waals surface area contributed by atoms with E-state index in [-0.39, 0.29) is 6.29 Å². The smallest absolute Gasteiger partial charge is 0.173 e. The second-order valence-corrected chi connectivity index (χ2v) is 21.9. The van der Waals surface area contributed by atoms with E-state index in [2.05, 4.69) is 136 Å². The van der Waals surface area contributed by atoms with E-state index in [1.165, 1.54) is 134 Å². The molecule has 0 saturated heterocycles. The largest absolute Gasteiger partial charge is 0.353 e. The molecule has 0 unspecified atom stereocenters. The summed E-state index contributed by atoms with van der Waals surface area (Å²) in [5, 5.41) is 4.50. The standard InChI is InChI=1S/C48H73IO2P/c1-6-8-10-12-20-28-39-50-48(51-40-29-21-13-11-9-7-2)38-23-19-17-15-14-16-18-22-33-44-34-30-37-47(43(44)5)52(49,45-35-26-24-31-41(45)3)46-36-27-25-32-42(46)4/h14,16,24-27,30-32,34-37,48H,6-13,15,17-23,28-29,33,38-40H2,1-5H3/q+1/b16-14+. The number of unbranched alkanes of at least 4 members (excludes halogenated alkanes) is 14. The number of rotatable bonds is 29. The number of allylic oxidation sites excluding steroid dienone is 2. The van der Waals surface area contributed by atoms with E-state index in [1.807, 2.05) is 0 Å². The van der Waals surface area contributed by atoms with Crippen molar-refractivity contribution in [2.24, 2.45) is 0 Å². The normalized spacial score (nSPS) is 12.1. The maximum Gasteiger partial charge on any atom is 0.173 e. The van der Waals surface area contributed by atoms with Gasteiger partial charge in [-0.2, -0.15) is 0 Å². The molecule has 0 aliphatic rings. The predicted molar refractivity (Wildman–Crippen MR) is 241 cm³/mol. The van der Waals surface area contributed by atoms with Crippen LogP contribution in [0.1, 0.15) is 158 Å². The van der Waals surface area contributed by atoms with Crippen LogP contribution in [0, 0.1) is 20.8 Å². The van der Waals surface area contributed by atoms with E-state index in [0.29, 0.717) is 0 Å². The molecule has 288 valence electrons. The van der Waals surface area contributed by atoms with Crippen LogP contribution in [0.4, 0.5) is 0 Å². The molecule has 0 amide bonds.